The van der Waals surface area contributed by atoms with Crippen molar-refractivity contribution in [1.82, 2.24) is 42.5 Å². The standard InChI is InChI=1S/C82H138N8O56/c1-21(101)83-29(9-91)48(110)65(30(109)10-92)139-79-47(90-28(8)108)61(123)66(37(17-99)135-79)142-80-64(126)70(144-82-72(146-78-46(89-27(7)107)60(122)54(116)36(16-98)134-78)62(124)67(38(18-100)136-82)140-74-42(85-23(3)103)56(118)50(112)32(12-94)130-74)69(143-76-44(87-25(5)105)58(120)52(114)34(14-96)132-76)40(137-80)20-128-81-71(145-77-45(88-26(6)106)59(121)53(115)35(15-97)133-77)63(125)68(141-75-43(86-24(4)104)57(119)51(113)33(13-95)131-75)39(138-81)19-127-73-41(84-22(2)102)55(117)49(111)31(11-93)129-73/h29-82,91-100,109-126H,9-20H2,1-8H3,(H,83,101)(H,84,102)(H,85,103)(H,86,104)(H,87,105)(H,88,106)(H,89,107)(H,90,108)/t29-,30+,31+,32+,33+,34+,35+,36+,37+,38+,39+,40+,41+,42+,43+,44+,45+,46+,47+,48+,49+,50+,51+,52+,53+,54+,55+,56+,57+,58+,59+,60+,61+,62-,63-,64-,65+,66+,67+,68+,69+,70+,71-,72-,73+,74?,75-,76-,77-,78-,79-,80-,81-,82+/m0/s1. The molecule has 10 aliphatic rings. The second kappa shape index (κ2) is 54.6. The lowest BCUT2D eigenvalue weighted by molar-refractivity contribution is -0.413. The molecule has 54 atom stereocenters. The highest BCUT2D eigenvalue weighted by molar-refractivity contribution is 5.76. The van der Waals surface area contributed by atoms with E-state index in [9.17, 15) is 181 Å². The minimum Gasteiger partial charge on any atom is -0.394 e. The third-order valence-corrected chi connectivity index (χ3v) is 25.8. The lowest BCUT2D eigenvalue weighted by Gasteiger charge is -2.53. The number of ether oxygens (including phenoxy) is 20. The maximum atomic E-state index is 13.8. The average molecular weight is 2130 g/mol. The van der Waals surface area contributed by atoms with E-state index in [1.54, 1.807) is 0 Å². The molecule has 0 aromatic carbocycles. The molecule has 10 fully saturated rings. The highest BCUT2D eigenvalue weighted by Gasteiger charge is 2.64. The van der Waals surface area contributed by atoms with Crippen LogP contribution in [0.2, 0.25) is 0 Å². The van der Waals surface area contributed by atoms with Crippen LogP contribution in [0.1, 0.15) is 55.4 Å². The van der Waals surface area contributed by atoms with Gasteiger partial charge in [-0.2, -0.15) is 0 Å². The zero-order chi connectivity index (χ0) is 108. The Labute approximate surface area is 828 Å². The van der Waals surface area contributed by atoms with Gasteiger partial charge < -0.3 is 280 Å². The summed E-state index contributed by atoms with van der Waals surface area (Å²) in [4.78, 5) is 105. The predicted molar refractivity (Wildman–Crippen MR) is 457 cm³/mol. The molecule has 1 unspecified atom stereocenters. The van der Waals surface area contributed by atoms with Gasteiger partial charge in [0.25, 0.3) is 0 Å². The van der Waals surface area contributed by atoms with Crippen molar-refractivity contribution in [1.29, 1.82) is 0 Å². The summed E-state index contributed by atoms with van der Waals surface area (Å²) in [5.41, 5.74) is 0. The Morgan fingerprint density at radius 2 is 0.473 bits per heavy atom. The number of aliphatic hydroxyl groups is 28. The number of nitrogens with one attached hydrogen (secondary N) is 8. The summed E-state index contributed by atoms with van der Waals surface area (Å²) >= 11 is 0. The molecule has 10 saturated heterocycles. The van der Waals surface area contributed by atoms with E-state index in [0.29, 0.717) is 0 Å². The lowest BCUT2D eigenvalue weighted by Crippen LogP contribution is -2.72. The van der Waals surface area contributed by atoms with Crippen molar-refractivity contribution in [3.8, 4) is 0 Å². The second-order valence-corrected chi connectivity index (χ2v) is 36.5. The Hall–Kier alpha value is -6.16. The molecule has 0 radical (unpaired) electrons. The minimum atomic E-state index is -2.96. The first kappa shape index (κ1) is 122. The molecule has 842 valence electrons. The zero-order valence-corrected chi connectivity index (χ0v) is 79.6. The van der Waals surface area contributed by atoms with Crippen LogP contribution >= 0.6 is 0 Å². The van der Waals surface area contributed by atoms with Crippen LogP contribution in [0.4, 0.5) is 0 Å². The van der Waals surface area contributed by atoms with Crippen molar-refractivity contribution in [2.24, 2.45) is 0 Å². The van der Waals surface area contributed by atoms with Gasteiger partial charge in [0.15, 0.2) is 62.9 Å². The van der Waals surface area contributed by atoms with E-state index >= 15 is 0 Å². The fourth-order valence-electron chi connectivity index (χ4n) is 18.5. The number of rotatable bonds is 43. The zero-order valence-electron chi connectivity index (χ0n) is 79.6. The quantitative estimate of drug-likeness (QED) is 0.0270. The molecule has 0 spiro atoms. The van der Waals surface area contributed by atoms with Crippen LogP contribution in [-0.2, 0) is 133 Å². The lowest BCUT2D eigenvalue weighted by atomic mass is 9.93. The molecule has 64 nitrogen and oxygen atoms in total. The summed E-state index contributed by atoms with van der Waals surface area (Å²) in [5, 5.41) is 341. The monoisotopic (exact) mass is 2130 g/mol. The van der Waals surface area contributed by atoms with Gasteiger partial charge in [-0.25, -0.2) is 0 Å². The fraction of sp³-hybridized carbons (Fsp3) is 0.902. The van der Waals surface area contributed by atoms with Crippen molar-refractivity contribution < 1.29 is 276 Å². The highest BCUT2D eigenvalue weighted by atomic mass is 16.8. The topological polar surface area (TPSA) is 984 Å². The number of aliphatic hydroxyl groups excluding tert-OH is 28. The summed E-state index contributed by atoms with van der Waals surface area (Å²) < 4.78 is 126. The van der Waals surface area contributed by atoms with Gasteiger partial charge in [0.1, 0.15) is 262 Å². The van der Waals surface area contributed by atoms with E-state index in [4.69, 9.17) is 94.7 Å². The Morgan fingerprint density at radius 1 is 0.233 bits per heavy atom. The van der Waals surface area contributed by atoms with Gasteiger partial charge in [0, 0.05) is 55.4 Å². The summed E-state index contributed by atoms with van der Waals surface area (Å²) in [6.45, 7) is -7.96. The largest absolute Gasteiger partial charge is 0.394 e. The van der Waals surface area contributed by atoms with E-state index < -0.39 is 458 Å². The SMILES string of the molecule is CC(=O)N[C@H]1[C@H](O[C@@H]([C@H](O)[C@H](CO)NC(C)=O)[C@H](O)CO)O[C@H](CO)[C@@H](O[C@@H]2O[C@H](CO[C@H]3O[C@H](CO[C@@H]4O[C@H](CO)[C@@H](O)[C@H](O)[C@H]4NC(C)=O)[C@@H](O[C@@H]4O[C@H](CO)[C@@H](O)[C@H](O)[C@H]4NC(C)=O)[C@H](O)[C@@H]3O[C@@H]3O[C@H](CO)[C@@H](O)[C@H](O)[C@H]3NC(C)=O)[C@@H](O[C@@H]3O[C@H](CO)[C@@H](O)[C@H](O)[C@H]3NC(C)=O)[C@H](O[C@H]3O[C@H](CO)[C@@H](OC4O[C@H](CO)[C@@H](O)[C@H](O)[C@H]4NC(C)=O)[C@H](O)[C@@H]3O[C@@H]3O[C@H](CO)[C@@H](O)[C@H](O)[C@H]3NC(C)=O)[C@@H]2O)[C@@H]1O. The average Bonchev–Trinajstić information content (AvgIpc) is 0.747. The molecule has 146 heavy (non-hydrogen) atoms. The number of carbonyl (C=O) groups excluding carboxylic acids is 8. The van der Waals surface area contributed by atoms with E-state index in [1.807, 2.05) is 0 Å². The van der Waals surface area contributed by atoms with Crippen molar-refractivity contribution in [3.63, 3.8) is 0 Å². The normalized spacial score (nSPS) is 44.2. The molecule has 8 amide bonds. The third kappa shape index (κ3) is 28.7. The number of carbonyl (C=O) groups is 8. The van der Waals surface area contributed by atoms with Crippen molar-refractivity contribution >= 4 is 47.3 Å². The molecular formula is C82H138N8O56. The highest BCUT2D eigenvalue weighted by Crippen LogP contribution is 2.43. The van der Waals surface area contributed by atoms with Crippen LogP contribution in [0, 0.1) is 0 Å². The number of hydrogen-bond acceptors (Lipinski definition) is 56. The van der Waals surface area contributed by atoms with Crippen molar-refractivity contribution in [2.45, 2.75) is 386 Å². The van der Waals surface area contributed by atoms with E-state index in [-0.39, 0.29) is 0 Å². The molecule has 10 rings (SSSR count). The van der Waals surface area contributed by atoms with Crippen molar-refractivity contribution in [2.75, 3.05) is 79.3 Å². The molecule has 64 heteroatoms. The molecule has 0 aliphatic carbocycles. The Morgan fingerprint density at radius 3 is 0.788 bits per heavy atom. The first-order chi connectivity index (χ1) is 69.0. The maximum Gasteiger partial charge on any atom is 0.217 e. The Kier molecular flexibility index (Phi) is 45.5. The van der Waals surface area contributed by atoms with Gasteiger partial charge in [-0.3, -0.25) is 38.4 Å². The first-order valence-electron chi connectivity index (χ1n) is 46.5. The predicted octanol–water partition coefficient (Wildman–Crippen LogP) is -24.2. The third-order valence-electron chi connectivity index (χ3n) is 25.8. The molecule has 36 N–H and O–H groups in total. The summed E-state index contributed by atoms with van der Waals surface area (Å²) in [7, 11) is 0. The van der Waals surface area contributed by atoms with Crippen LogP contribution in [0.3, 0.4) is 0 Å². The van der Waals surface area contributed by atoms with Crippen LogP contribution in [-0.4, -0.2) is 601 Å². The van der Waals surface area contributed by atoms with Gasteiger partial charge in [-0.1, -0.05) is 0 Å². The van der Waals surface area contributed by atoms with Crippen LogP contribution in [0.5, 0.6) is 0 Å². The van der Waals surface area contributed by atoms with E-state index in [0.717, 1.165) is 55.4 Å². The molecule has 0 bridgehead atoms. The van der Waals surface area contributed by atoms with Crippen LogP contribution in [0.25, 0.3) is 0 Å². The molecule has 10 heterocycles. The smallest absolute Gasteiger partial charge is 0.217 e. The van der Waals surface area contributed by atoms with Crippen LogP contribution < -0.4 is 42.5 Å². The molecule has 0 aromatic heterocycles. The number of amides is 8. The summed E-state index contributed by atoms with van der Waals surface area (Å²) in [5.74, 6) is -8.02. The molecule has 0 saturated carbocycles. The maximum absolute atomic E-state index is 13.8. The second-order valence-electron chi connectivity index (χ2n) is 36.5. The van der Waals surface area contributed by atoms with Gasteiger partial charge in [0.05, 0.1) is 85.3 Å². The van der Waals surface area contributed by atoms with E-state index in [1.165, 1.54) is 0 Å². The van der Waals surface area contributed by atoms with Gasteiger partial charge >= 0.3 is 0 Å². The Bertz CT molecular complexity index is 4130. The summed E-state index contributed by atoms with van der Waals surface area (Å²) in [6, 6.07) is -16.1. The van der Waals surface area contributed by atoms with E-state index in [2.05, 4.69) is 42.5 Å². The van der Waals surface area contributed by atoms with Crippen molar-refractivity contribution in [3.05, 3.63) is 0 Å². The Balaban J connectivity index is 1.22. The molecule has 10 aliphatic heterocycles. The molecular weight excluding hydrogens is 1990 g/mol. The first-order valence-corrected chi connectivity index (χ1v) is 46.5. The number of hydrogen-bond donors (Lipinski definition) is 36. The van der Waals surface area contributed by atoms with Gasteiger partial charge in [-0.05, 0) is 0 Å². The van der Waals surface area contributed by atoms with Crippen LogP contribution in [0.15, 0.2) is 0 Å². The summed E-state index contributed by atoms with van der Waals surface area (Å²) in [6.07, 6.45) is -107. The fourth-order valence-corrected chi connectivity index (χ4v) is 18.5. The minimum absolute atomic E-state index is 0.845. The molecule has 0 aromatic rings. The van der Waals surface area contributed by atoms with Gasteiger partial charge in [-0.15, -0.1) is 0 Å². The van der Waals surface area contributed by atoms with Gasteiger partial charge in [0.2, 0.25) is 47.3 Å².